The molecule has 1 saturated heterocycles. The molecule has 1 aromatic rings. The van der Waals surface area contributed by atoms with E-state index in [1.165, 1.54) is 12.1 Å². The van der Waals surface area contributed by atoms with Crippen LogP contribution < -0.4 is 4.90 Å². The molecule has 0 spiro atoms. The predicted octanol–water partition coefficient (Wildman–Crippen LogP) is 2.13. The Balaban J connectivity index is 2.06. The summed E-state index contributed by atoms with van der Waals surface area (Å²) < 4.78 is 0. The van der Waals surface area contributed by atoms with Crippen molar-refractivity contribution in [3.63, 3.8) is 0 Å². The van der Waals surface area contributed by atoms with Crippen LogP contribution in [0.15, 0.2) is 18.2 Å². The highest BCUT2D eigenvalue weighted by molar-refractivity contribution is 5.75. The molecule has 25 heavy (non-hydrogen) atoms. The molecule has 0 atom stereocenters. The predicted molar refractivity (Wildman–Crippen MR) is 89.1 cm³/mol. The highest BCUT2D eigenvalue weighted by atomic mass is 16.7. The normalized spacial score (nSPS) is 15.7. The van der Waals surface area contributed by atoms with Gasteiger partial charge in [0.1, 0.15) is 0 Å². The number of nitro benzene ring substituents is 2. The third-order valence-electron chi connectivity index (χ3n) is 3.78. The minimum atomic E-state index is -0.772. The van der Waals surface area contributed by atoms with E-state index in [0.717, 1.165) is 6.07 Å². The van der Waals surface area contributed by atoms with Crippen LogP contribution in [0.2, 0.25) is 0 Å². The number of nitro groups is 2. The Bertz CT molecular complexity index is 692. The zero-order valence-corrected chi connectivity index (χ0v) is 14.3. The first-order chi connectivity index (χ1) is 11.6. The molecular formula is C15H20N4O6. The molecule has 0 bridgehead atoms. The van der Waals surface area contributed by atoms with E-state index in [2.05, 4.69) is 0 Å². The quantitative estimate of drug-likeness (QED) is 0.597. The van der Waals surface area contributed by atoms with Crippen molar-refractivity contribution >= 4 is 23.0 Å². The Morgan fingerprint density at radius 3 is 2.08 bits per heavy atom. The van der Waals surface area contributed by atoms with Crippen LogP contribution in [-0.2, 0) is 9.63 Å². The van der Waals surface area contributed by atoms with E-state index in [0.29, 0.717) is 31.9 Å². The first kappa shape index (κ1) is 18.6. The maximum Gasteiger partial charge on any atom is 0.348 e. The number of carbonyl (C=O) groups is 1. The average Bonchev–Trinajstić information content (AvgIpc) is 2.54. The first-order valence-corrected chi connectivity index (χ1v) is 7.74. The Hall–Kier alpha value is -2.75. The van der Waals surface area contributed by atoms with Crippen LogP contribution in [0.4, 0.5) is 17.1 Å². The summed E-state index contributed by atoms with van der Waals surface area (Å²) in [6, 6.07) is 3.83. The van der Waals surface area contributed by atoms with Crippen molar-refractivity contribution < 1.29 is 19.5 Å². The molecule has 0 aromatic heterocycles. The van der Waals surface area contributed by atoms with E-state index in [1.807, 2.05) is 4.90 Å². The van der Waals surface area contributed by atoms with Crippen LogP contribution in [0.25, 0.3) is 0 Å². The number of nitrogens with zero attached hydrogens (tertiary/aromatic N) is 4. The van der Waals surface area contributed by atoms with Gasteiger partial charge in [-0.3, -0.25) is 20.2 Å². The van der Waals surface area contributed by atoms with Gasteiger partial charge in [0.25, 0.3) is 0 Å². The Labute approximate surface area is 144 Å². The molecule has 136 valence electrons. The molecule has 1 heterocycles. The lowest BCUT2D eigenvalue weighted by atomic mass is 9.98. The second-order valence-electron chi connectivity index (χ2n) is 6.73. The number of carbonyl (C=O) groups excluding carboxylic acids is 1. The van der Waals surface area contributed by atoms with E-state index in [9.17, 15) is 25.0 Å². The molecule has 1 aliphatic rings. The summed E-state index contributed by atoms with van der Waals surface area (Å²) in [6.45, 7) is 7.13. The van der Waals surface area contributed by atoms with E-state index < -0.39 is 26.6 Å². The largest absolute Gasteiger partial charge is 0.368 e. The molecule has 1 fully saturated rings. The number of anilines is 1. The summed E-state index contributed by atoms with van der Waals surface area (Å²) in [7, 11) is 0. The van der Waals surface area contributed by atoms with Crippen molar-refractivity contribution in [2.75, 3.05) is 31.1 Å². The first-order valence-electron chi connectivity index (χ1n) is 7.74. The minimum Gasteiger partial charge on any atom is -0.368 e. The molecule has 1 aliphatic heterocycles. The summed E-state index contributed by atoms with van der Waals surface area (Å²) in [5, 5.41) is 23.5. The second-order valence-corrected chi connectivity index (χ2v) is 6.73. The van der Waals surface area contributed by atoms with Crippen molar-refractivity contribution in [2.24, 2.45) is 5.41 Å². The second kappa shape index (κ2) is 7.01. The summed E-state index contributed by atoms with van der Waals surface area (Å²) in [4.78, 5) is 39.5. The summed E-state index contributed by atoms with van der Waals surface area (Å²) in [6.07, 6.45) is 0. The van der Waals surface area contributed by atoms with Crippen molar-refractivity contribution in [1.82, 2.24) is 5.06 Å². The highest BCUT2D eigenvalue weighted by Crippen LogP contribution is 2.31. The third kappa shape index (κ3) is 4.41. The molecule has 10 heteroatoms. The molecule has 0 unspecified atom stereocenters. The van der Waals surface area contributed by atoms with Crippen molar-refractivity contribution in [3.05, 3.63) is 38.4 Å². The Kier molecular flexibility index (Phi) is 5.21. The molecular weight excluding hydrogens is 332 g/mol. The maximum atomic E-state index is 11.9. The maximum absolute atomic E-state index is 11.9. The van der Waals surface area contributed by atoms with Crippen LogP contribution >= 0.6 is 0 Å². The lowest BCUT2D eigenvalue weighted by molar-refractivity contribution is -0.422. The van der Waals surface area contributed by atoms with Gasteiger partial charge >= 0.3 is 17.3 Å². The van der Waals surface area contributed by atoms with Crippen LogP contribution in [0.5, 0.6) is 0 Å². The molecule has 10 nitrogen and oxygen atoms in total. The zero-order chi connectivity index (χ0) is 18.8. The Morgan fingerprint density at radius 1 is 1.04 bits per heavy atom. The van der Waals surface area contributed by atoms with E-state index in [4.69, 9.17) is 4.84 Å². The molecule has 0 N–H and O–H groups in total. The summed E-state index contributed by atoms with van der Waals surface area (Å²) >= 11 is 0. The van der Waals surface area contributed by atoms with Gasteiger partial charge in [-0.05, 0) is 26.8 Å². The summed E-state index contributed by atoms with van der Waals surface area (Å²) in [5.41, 5.74) is -1.15. The zero-order valence-electron chi connectivity index (χ0n) is 14.3. The van der Waals surface area contributed by atoms with E-state index in [1.54, 1.807) is 25.8 Å². The van der Waals surface area contributed by atoms with Crippen LogP contribution in [-0.4, -0.2) is 47.1 Å². The van der Waals surface area contributed by atoms with E-state index >= 15 is 0 Å². The highest BCUT2D eigenvalue weighted by Gasteiger charge is 2.29. The lowest BCUT2D eigenvalue weighted by Crippen LogP contribution is -2.48. The van der Waals surface area contributed by atoms with Gasteiger partial charge in [-0.15, -0.1) is 5.06 Å². The molecule has 0 aliphatic carbocycles. The van der Waals surface area contributed by atoms with Gasteiger partial charge in [0.15, 0.2) is 0 Å². The van der Waals surface area contributed by atoms with Gasteiger partial charge in [-0.25, -0.2) is 4.79 Å². The fraction of sp³-hybridized carbons (Fsp3) is 0.533. The number of hydrogen-bond donors (Lipinski definition) is 0. The lowest BCUT2D eigenvalue weighted by Gasteiger charge is -2.35. The third-order valence-corrected chi connectivity index (χ3v) is 3.78. The fourth-order valence-corrected chi connectivity index (χ4v) is 2.30. The van der Waals surface area contributed by atoms with Gasteiger partial charge in [0.2, 0.25) is 0 Å². The van der Waals surface area contributed by atoms with Crippen molar-refractivity contribution in [2.45, 2.75) is 20.8 Å². The summed E-state index contributed by atoms with van der Waals surface area (Å²) in [5.74, 6) is -0.327. The number of hydrogen-bond acceptors (Lipinski definition) is 8. The average molecular weight is 352 g/mol. The number of hydroxylamine groups is 2. The monoisotopic (exact) mass is 352 g/mol. The SMILES string of the molecule is CC(C)(C)C(=O)ON1CCN(c2ccc([N+](=O)[O-])c([N+](=O)[O-])c2)CC1. The smallest absolute Gasteiger partial charge is 0.348 e. The molecule has 0 amide bonds. The van der Waals surface area contributed by atoms with Crippen LogP contribution in [0, 0.1) is 25.6 Å². The molecule has 0 radical (unpaired) electrons. The number of benzene rings is 1. The molecule has 2 rings (SSSR count). The topological polar surface area (TPSA) is 119 Å². The minimum absolute atomic E-state index is 0.327. The van der Waals surface area contributed by atoms with Gasteiger partial charge in [-0.1, -0.05) is 0 Å². The number of piperazine rings is 1. The van der Waals surface area contributed by atoms with Crippen LogP contribution in [0.1, 0.15) is 20.8 Å². The molecule has 1 aromatic carbocycles. The number of rotatable bonds is 4. The van der Waals surface area contributed by atoms with Crippen molar-refractivity contribution in [1.29, 1.82) is 0 Å². The Morgan fingerprint density at radius 2 is 1.60 bits per heavy atom. The van der Waals surface area contributed by atoms with Gasteiger partial charge < -0.3 is 9.74 Å². The van der Waals surface area contributed by atoms with Gasteiger partial charge in [0, 0.05) is 30.9 Å². The van der Waals surface area contributed by atoms with Gasteiger partial charge in [0.05, 0.1) is 28.4 Å². The van der Waals surface area contributed by atoms with Crippen molar-refractivity contribution in [3.8, 4) is 0 Å². The van der Waals surface area contributed by atoms with Crippen LogP contribution in [0.3, 0.4) is 0 Å². The van der Waals surface area contributed by atoms with E-state index in [-0.39, 0.29) is 5.97 Å². The fourth-order valence-electron chi connectivity index (χ4n) is 2.30. The van der Waals surface area contributed by atoms with Gasteiger partial charge in [-0.2, -0.15) is 0 Å². The standard InChI is InChI=1S/C15H20N4O6/c1-15(2,3)14(20)25-17-8-6-16(7-9-17)11-4-5-12(18(21)22)13(10-11)19(23)24/h4-5,10H,6-9H2,1-3H3. The molecule has 0 saturated carbocycles.